The fourth-order valence-electron chi connectivity index (χ4n) is 2.86. The topological polar surface area (TPSA) is 105 Å². The van der Waals surface area contributed by atoms with Crippen LogP contribution in [0.15, 0.2) is 33.9 Å². The zero-order valence-corrected chi connectivity index (χ0v) is 14.7. The van der Waals surface area contributed by atoms with Gasteiger partial charge in [0.2, 0.25) is 0 Å². The van der Waals surface area contributed by atoms with E-state index in [4.69, 9.17) is 14.3 Å². The van der Waals surface area contributed by atoms with E-state index in [2.05, 4.69) is 10.3 Å². The Balaban J connectivity index is 1.90. The van der Waals surface area contributed by atoms with Gasteiger partial charge in [0.05, 0.1) is 25.8 Å². The molecule has 0 saturated heterocycles. The van der Waals surface area contributed by atoms with E-state index >= 15 is 0 Å². The number of methoxy groups -OCH3 is 1. The molecule has 26 heavy (non-hydrogen) atoms. The lowest BCUT2D eigenvalue weighted by Gasteiger charge is -2.14. The first-order valence-electron chi connectivity index (χ1n) is 8.45. The van der Waals surface area contributed by atoms with Crippen LogP contribution in [0.1, 0.15) is 19.2 Å². The van der Waals surface area contributed by atoms with E-state index in [9.17, 15) is 9.59 Å². The van der Waals surface area contributed by atoms with Gasteiger partial charge in [0.25, 0.3) is 5.91 Å². The highest BCUT2D eigenvalue weighted by molar-refractivity contribution is 6.08. The number of benzene rings is 1. The maximum Gasteiger partial charge on any atom is 0.337 e. The minimum absolute atomic E-state index is 0.0968. The zero-order valence-electron chi connectivity index (χ0n) is 14.7. The average Bonchev–Trinajstić information content (AvgIpc) is 3.17. The third-order valence-electron chi connectivity index (χ3n) is 4.12. The van der Waals surface area contributed by atoms with Crippen molar-refractivity contribution in [2.75, 3.05) is 32.1 Å². The number of aliphatic hydroxyl groups excluding tert-OH is 1. The van der Waals surface area contributed by atoms with Crippen LogP contribution >= 0.6 is 0 Å². The lowest BCUT2D eigenvalue weighted by atomic mass is 10.2. The molecule has 0 spiro atoms. The number of carbonyl (C=O) groups is 2. The maximum absolute atomic E-state index is 12.5. The van der Waals surface area contributed by atoms with Gasteiger partial charge < -0.3 is 24.5 Å². The van der Waals surface area contributed by atoms with Crippen molar-refractivity contribution >= 4 is 28.7 Å². The van der Waals surface area contributed by atoms with Crippen molar-refractivity contribution < 1.29 is 23.8 Å². The smallest absolute Gasteiger partial charge is 0.337 e. The molecule has 2 N–H and O–H groups in total. The van der Waals surface area contributed by atoms with Crippen LogP contribution in [-0.2, 0) is 20.7 Å². The number of hydrogen-bond acceptors (Lipinski definition) is 7. The molecule has 0 bridgehead atoms. The van der Waals surface area contributed by atoms with Gasteiger partial charge in [-0.2, -0.15) is 0 Å². The first-order valence-corrected chi connectivity index (χ1v) is 8.45. The number of aromatic nitrogens is 1. The Morgan fingerprint density at radius 3 is 2.96 bits per heavy atom. The fraction of sp³-hybridized carbons (Fsp3) is 0.389. The molecule has 0 unspecified atom stereocenters. The molecule has 1 aromatic heterocycles. The van der Waals surface area contributed by atoms with Crippen molar-refractivity contribution in [1.29, 1.82) is 0 Å². The number of rotatable bonds is 7. The number of nitrogens with zero attached hydrogens (tertiary/aromatic N) is 2. The van der Waals surface area contributed by atoms with E-state index in [1.165, 1.54) is 12.0 Å². The molecule has 0 radical (unpaired) electrons. The number of oxazole rings is 1. The number of amides is 1. The molecule has 2 aromatic rings. The van der Waals surface area contributed by atoms with Crippen molar-refractivity contribution in [3.8, 4) is 0 Å². The van der Waals surface area contributed by atoms with Crippen LogP contribution in [0.2, 0.25) is 0 Å². The van der Waals surface area contributed by atoms with Crippen molar-refractivity contribution in [3.05, 3.63) is 35.4 Å². The maximum atomic E-state index is 12.5. The Morgan fingerprint density at radius 1 is 1.46 bits per heavy atom. The third-order valence-corrected chi connectivity index (χ3v) is 4.12. The molecule has 8 nitrogen and oxygen atoms in total. The highest BCUT2D eigenvalue weighted by Gasteiger charge is 2.34. The number of anilines is 1. The second-order valence-electron chi connectivity index (χ2n) is 5.96. The third kappa shape index (κ3) is 3.41. The van der Waals surface area contributed by atoms with Crippen molar-refractivity contribution in [2.24, 2.45) is 0 Å². The number of nitrogens with one attached hydrogen (secondary N) is 1. The number of esters is 1. The van der Waals surface area contributed by atoms with Gasteiger partial charge in [-0.3, -0.25) is 4.79 Å². The first kappa shape index (κ1) is 17.9. The predicted octanol–water partition coefficient (Wildman–Crippen LogP) is 1.45. The van der Waals surface area contributed by atoms with Gasteiger partial charge >= 0.3 is 5.97 Å². The molecule has 0 aliphatic carbocycles. The number of carbonyl (C=O) groups excluding carboxylic acids is 2. The van der Waals surface area contributed by atoms with Crippen LogP contribution in [-0.4, -0.2) is 53.7 Å². The number of hydrogen-bond donors (Lipinski definition) is 2. The molecular weight excluding hydrogens is 338 g/mol. The van der Waals surface area contributed by atoms with E-state index < -0.39 is 5.97 Å². The lowest BCUT2D eigenvalue weighted by molar-refractivity contribution is -0.136. The molecular formula is C18H21N3O5. The Morgan fingerprint density at radius 2 is 2.27 bits per heavy atom. The summed E-state index contributed by atoms with van der Waals surface area (Å²) in [6.45, 7) is 2.11. The van der Waals surface area contributed by atoms with E-state index in [-0.39, 0.29) is 36.9 Å². The normalized spacial score (nSPS) is 14.4. The summed E-state index contributed by atoms with van der Waals surface area (Å²) in [6.07, 6.45) is 1.69. The lowest BCUT2D eigenvalue weighted by Crippen LogP contribution is -2.31. The van der Waals surface area contributed by atoms with Gasteiger partial charge in [-0.1, -0.05) is 6.92 Å². The van der Waals surface area contributed by atoms with Crippen molar-refractivity contribution in [3.63, 3.8) is 0 Å². The van der Waals surface area contributed by atoms with Crippen LogP contribution in [0, 0.1) is 0 Å². The van der Waals surface area contributed by atoms with E-state index in [1.807, 2.05) is 6.92 Å². The molecule has 1 aliphatic rings. The number of fused-ring (bicyclic) bond motifs is 1. The molecule has 8 heteroatoms. The molecule has 138 valence electrons. The number of β-amino-alcohol motifs (C(OH)–C–C–N with tert-alkyl or cyclic N) is 1. The van der Waals surface area contributed by atoms with Gasteiger partial charge in [-0.15, -0.1) is 0 Å². The van der Waals surface area contributed by atoms with Crippen molar-refractivity contribution in [1.82, 2.24) is 9.88 Å². The summed E-state index contributed by atoms with van der Waals surface area (Å²) in [4.78, 5) is 30.3. The van der Waals surface area contributed by atoms with Gasteiger partial charge in [0.15, 0.2) is 11.5 Å². The second-order valence-corrected chi connectivity index (χ2v) is 5.96. The van der Waals surface area contributed by atoms with Crippen LogP contribution < -0.4 is 5.32 Å². The Bertz CT molecular complexity index is 871. The summed E-state index contributed by atoms with van der Waals surface area (Å²) >= 11 is 0. The van der Waals surface area contributed by atoms with Crippen molar-refractivity contribution in [2.45, 2.75) is 19.8 Å². The summed E-state index contributed by atoms with van der Waals surface area (Å²) in [6, 6.07) is 5.31. The van der Waals surface area contributed by atoms with Gasteiger partial charge in [-0.25, -0.2) is 9.78 Å². The van der Waals surface area contributed by atoms with Crippen LogP contribution in [0.3, 0.4) is 0 Å². The van der Waals surface area contributed by atoms with E-state index in [0.717, 1.165) is 18.4 Å². The number of aryl methyl sites for hydroxylation is 1. The molecule has 1 aromatic carbocycles. The molecule has 0 fully saturated rings. The highest BCUT2D eigenvalue weighted by Crippen LogP contribution is 2.25. The summed E-state index contributed by atoms with van der Waals surface area (Å²) < 4.78 is 10.5. The number of aliphatic hydroxyl groups is 1. The molecule has 1 amide bonds. The summed E-state index contributed by atoms with van der Waals surface area (Å²) in [7, 11) is 1.27. The van der Waals surface area contributed by atoms with Crippen LogP contribution in [0.5, 0.6) is 0 Å². The zero-order chi connectivity index (χ0) is 18.7. The summed E-state index contributed by atoms with van der Waals surface area (Å²) in [5.74, 6) is -0.267. The molecule has 3 rings (SSSR count). The van der Waals surface area contributed by atoms with E-state index in [1.54, 1.807) is 18.2 Å². The standard InChI is InChI=1S/C18H21N3O5/c1-3-4-15-20-13-6-5-11(9-14(13)26-15)19-16-12(18(24)25-2)10-21(7-8-22)17(16)23/h5-6,9,19,22H,3-4,7-8,10H2,1-2H3. The Labute approximate surface area is 150 Å². The molecule has 2 heterocycles. The first-order chi connectivity index (χ1) is 12.6. The largest absolute Gasteiger partial charge is 0.466 e. The Kier molecular flexibility index (Phi) is 5.22. The van der Waals surface area contributed by atoms with Crippen LogP contribution in [0.25, 0.3) is 11.1 Å². The highest BCUT2D eigenvalue weighted by atomic mass is 16.5. The minimum Gasteiger partial charge on any atom is -0.466 e. The fourth-order valence-corrected chi connectivity index (χ4v) is 2.86. The summed E-state index contributed by atoms with van der Waals surface area (Å²) in [5.41, 5.74) is 2.33. The second kappa shape index (κ2) is 7.57. The quantitative estimate of drug-likeness (QED) is 0.721. The summed E-state index contributed by atoms with van der Waals surface area (Å²) in [5, 5.41) is 12.1. The average molecular weight is 359 g/mol. The van der Waals surface area contributed by atoms with Gasteiger partial charge in [0.1, 0.15) is 11.2 Å². The number of ether oxygens (including phenoxy) is 1. The molecule has 0 atom stereocenters. The predicted molar refractivity (Wildman–Crippen MR) is 94.3 cm³/mol. The van der Waals surface area contributed by atoms with Gasteiger partial charge in [-0.05, 0) is 18.6 Å². The molecule has 1 aliphatic heterocycles. The Hall–Kier alpha value is -2.87. The van der Waals surface area contributed by atoms with E-state index in [0.29, 0.717) is 17.2 Å². The monoisotopic (exact) mass is 359 g/mol. The molecule has 0 saturated carbocycles. The minimum atomic E-state index is -0.577. The SMILES string of the molecule is CCCc1nc2ccc(NC3=C(C(=O)OC)CN(CCO)C3=O)cc2o1. The van der Waals surface area contributed by atoms with Gasteiger partial charge in [0, 0.05) is 24.7 Å². The van der Waals surface area contributed by atoms with Crippen LogP contribution in [0.4, 0.5) is 5.69 Å².